The van der Waals surface area contributed by atoms with Crippen molar-refractivity contribution in [2.24, 2.45) is 0 Å². The number of benzene rings is 1. The SMILES string of the molecule is Cc1oc(-c2ccccc2)nc1C(=O)N1CCNC[C@@H]1C.Cl. The lowest BCUT2D eigenvalue weighted by atomic mass is 10.2. The summed E-state index contributed by atoms with van der Waals surface area (Å²) < 4.78 is 5.67. The van der Waals surface area contributed by atoms with Gasteiger partial charge >= 0.3 is 0 Å². The molecule has 0 unspecified atom stereocenters. The number of oxazole rings is 1. The number of amides is 1. The van der Waals surface area contributed by atoms with E-state index in [-0.39, 0.29) is 24.4 Å². The van der Waals surface area contributed by atoms with E-state index in [4.69, 9.17) is 4.42 Å². The zero-order valence-electron chi connectivity index (χ0n) is 12.7. The fourth-order valence-corrected chi connectivity index (χ4v) is 2.58. The van der Waals surface area contributed by atoms with Gasteiger partial charge in [0.25, 0.3) is 5.91 Å². The first-order valence-electron chi connectivity index (χ1n) is 7.21. The van der Waals surface area contributed by atoms with Crippen LogP contribution in [0, 0.1) is 6.92 Å². The second kappa shape index (κ2) is 6.94. The van der Waals surface area contributed by atoms with E-state index in [0.717, 1.165) is 18.7 Å². The van der Waals surface area contributed by atoms with Gasteiger partial charge in [-0.3, -0.25) is 4.79 Å². The van der Waals surface area contributed by atoms with Gasteiger partial charge in [0.05, 0.1) is 0 Å². The molecule has 1 aromatic carbocycles. The van der Waals surface area contributed by atoms with Crippen LogP contribution >= 0.6 is 12.4 Å². The third-order valence-electron chi connectivity index (χ3n) is 3.78. The number of rotatable bonds is 2. The molecule has 6 heteroatoms. The van der Waals surface area contributed by atoms with Crippen molar-refractivity contribution >= 4 is 18.3 Å². The van der Waals surface area contributed by atoms with Crippen LogP contribution < -0.4 is 5.32 Å². The molecule has 1 aromatic heterocycles. The molecule has 2 heterocycles. The van der Waals surface area contributed by atoms with E-state index in [0.29, 0.717) is 23.9 Å². The molecule has 0 bridgehead atoms. The van der Waals surface area contributed by atoms with Crippen LogP contribution in [0.15, 0.2) is 34.7 Å². The molecule has 1 amide bonds. The monoisotopic (exact) mass is 321 g/mol. The molecule has 1 N–H and O–H groups in total. The van der Waals surface area contributed by atoms with Crippen molar-refractivity contribution in [2.75, 3.05) is 19.6 Å². The number of nitrogens with zero attached hydrogens (tertiary/aromatic N) is 2. The van der Waals surface area contributed by atoms with Crippen molar-refractivity contribution in [1.82, 2.24) is 15.2 Å². The first kappa shape index (κ1) is 16.5. The Kier molecular flexibility index (Phi) is 5.21. The smallest absolute Gasteiger partial charge is 0.276 e. The Morgan fingerprint density at radius 2 is 2.09 bits per heavy atom. The normalized spacial score (nSPS) is 17.9. The van der Waals surface area contributed by atoms with Crippen molar-refractivity contribution in [3.8, 4) is 11.5 Å². The van der Waals surface area contributed by atoms with E-state index in [1.54, 1.807) is 6.92 Å². The minimum Gasteiger partial charge on any atom is -0.441 e. The van der Waals surface area contributed by atoms with E-state index in [9.17, 15) is 4.79 Å². The van der Waals surface area contributed by atoms with Crippen molar-refractivity contribution < 1.29 is 9.21 Å². The summed E-state index contributed by atoms with van der Waals surface area (Å²) in [4.78, 5) is 18.9. The minimum atomic E-state index is -0.0487. The summed E-state index contributed by atoms with van der Waals surface area (Å²) in [6.07, 6.45) is 0. The van der Waals surface area contributed by atoms with Crippen LogP contribution in [0.4, 0.5) is 0 Å². The van der Waals surface area contributed by atoms with E-state index < -0.39 is 0 Å². The maximum atomic E-state index is 12.7. The lowest BCUT2D eigenvalue weighted by Crippen LogP contribution is -2.52. The van der Waals surface area contributed by atoms with Crippen molar-refractivity contribution in [3.63, 3.8) is 0 Å². The molecule has 0 aliphatic carbocycles. The number of hydrogen-bond donors (Lipinski definition) is 1. The minimum absolute atomic E-state index is 0. The quantitative estimate of drug-likeness (QED) is 0.923. The van der Waals surface area contributed by atoms with Gasteiger partial charge in [-0.25, -0.2) is 4.98 Å². The van der Waals surface area contributed by atoms with E-state index >= 15 is 0 Å². The molecule has 0 radical (unpaired) electrons. The third kappa shape index (κ3) is 3.15. The van der Waals surface area contributed by atoms with Crippen LogP contribution in [0.5, 0.6) is 0 Å². The van der Waals surface area contributed by atoms with Crippen LogP contribution in [0.1, 0.15) is 23.2 Å². The number of aryl methyl sites for hydroxylation is 1. The summed E-state index contributed by atoms with van der Waals surface area (Å²) in [5, 5.41) is 3.28. The maximum absolute atomic E-state index is 12.7. The average Bonchev–Trinajstić information content (AvgIpc) is 2.90. The van der Waals surface area contributed by atoms with Gasteiger partial charge in [-0.05, 0) is 26.0 Å². The fourth-order valence-electron chi connectivity index (χ4n) is 2.58. The van der Waals surface area contributed by atoms with E-state index in [2.05, 4.69) is 10.3 Å². The second-order valence-corrected chi connectivity index (χ2v) is 5.34. The number of halogens is 1. The predicted molar refractivity (Wildman–Crippen MR) is 87.3 cm³/mol. The average molecular weight is 322 g/mol. The summed E-state index contributed by atoms with van der Waals surface area (Å²) in [6.45, 7) is 6.16. The Balaban J connectivity index is 0.00000176. The third-order valence-corrected chi connectivity index (χ3v) is 3.78. The molecule has 22 heavy (non-hydrogen) atoms. The highest BCUT2D eigenvalue weighted by molar-refractivity contribution is 5.94. The molecule has 2 aromatic rings. The number of aromatic nitrogens is 1. The Hall–Kier alpha value is -1.85. The molecular weight excluding hydrogens is 302 g/mol. The molecule has 5 nitrogen and oxygen atoms in total. The van der Waals surface area contributed by atoms with Crippen molar-refractivity contribution in [2.45, 2.75) is 19.9 Å². The highest BCUT2D eigenvalue weighted by atomic mass is 35.5. The second-order valence-electron chi connectivity index (χ2n) is 5.34. The van der Waals surface area contributed by atoms with Crippen LogP contribution in [-0.2, 0) is 0 Å². The molecular formula is C16H20ClN3O2. The Bertz CT molecular complexity index is 642. The summed E-state index contributed by atoms with van der Waals surface area (Å²) in [5.41, 5.74) is 1.30. The topological polar surface area (TPSA) is 58.4 Å². The zero-order chi connectivity index (χ0) is 14.8. The first-order chi connectivity index (χ1) is 10.2. The highest BCUT2D eigenvalue weighted by Crippen LogP contribution is 2.22. The van der Waals surface area contributed by atoms with Gasteiger partial charge in [-0.15, -0.1) is 12.4 Å². The van der Waals surface area contributed by atoms with Crippen molar-refractivity contribution in [3.05, 3.63) is 41.8 Å². The van der Waals surface area contributed by atoms with Gasteiger partial charge in [0.2, 0.25) is 5.89 Å². The molecule has 1 aliphatic heterocycles. The Morgan fingerprint density at radius 1 is 1.36 bits per heavy atom. The van der Waals surface area contributed by atoms with Crippen LogP contribution in [0.3, 0.4) is 0 Å². The number of carbonyl (C=O) groups is 1. The predicted octanol–water partition coefficient (Wildman–Crippen LogP) is 2.51. The van der Waals surface area contributed by atoms with Crippen LogP contribution in [-0.4, -0.2) is 41.5 Å². The molecule has 1 aliphatic rings. The number of carbonyl (C=O) groups excluding carboxylic acids is 1. The van der Waals surface area contributed by atoms with E-state index in [1.807, 2.05) is 42.2 Å². The van der Waals surface area contributed by atoms with Gasteiger partial charge in [-0.2, -0.15) is 0 Å². The largest absolute Gasteiger partial charge is 0.441 e. The molecule has 0 saturated carbocycles. The van der Waals surface area contributed by atoms with Crippen LogP contribution in [0.25, 0.3) is 11.5 Å². The molecule has 1 saturated heterocycles. The summed E-state index contributed by atoms with van der Waals surface area (Å²) >= 11 is 0. The molecule has 0 spiro atoms. The molecule has 118 valence electrons. The number of nitrogens with one attached hydrogen (secondary N) is 1. The molecule has 3 rings (SSSR count). The molecule has 1 atom stereocenters. The Morgan fingerprint density at radius 3 is 2.77 bits per heavy atom. The number of piperazine rings is 1. The number of hydrogen-bond acceptors (Lipinski definition) is 4. The molecule has 1 fully saturated rings. The highest BCUT2D eigenvalue weighted by Gasteiger charge is 2.28. The summed E-state index contributed by atoms with van der Waals surface area (Å²) in [6, 6.07) is 9.81. The van der Waals surface area contributed by atoms with Gasteiger partial charge in [0.1, 0.15) is 5.76 Å². The van der Waals surface area contributed by atoms with Gasteiger partial charge in [0, 0.05) is 31.2 Å². The van der Waals surface area contributed by atoms with Crippen LogP contribution in [0.2, 0.25) is 0 Å². The standard InChI is InChI=1S/C16H19N3O2.ClH/c1-11-10-17-8-9-19(11)16(20)14-12(2)21-15(18-14)13-6-4-3-5-7-13;/h3-7,11,17H,8-10H2,1-2H3;1H/t11-;/m0./s1. The summed E-state index contributed by atoms with van der Waals surface area (Å²) in [5.74, 6) is 1.02. The van der Waals surface area contributed by atoms with Gasteiger partial charge < -0.3 is 14.6 Å². The zero-order valence-corrected chi connectivity index (χ0v) is 13.5. The lowest BCUT2D eigenvalue weighted by molar-refractivity contribution is 0.0648. The lowest BCUT2D eigenvalue weighted by Gasteiger charge is -2.33. The van der Waals surface area contributed by atoms with Gasteiger partial charge in [0.15, 0.2) is 5.69 Å². The Labute approximate surface area is 136 Å². The maximum Gasteiger partial charge on any atom is 0.276 e. The summed E-state index contributed by atoms with van der Waals surface area (Å²) in [7, 11) is 0. The fraction of sp³-hybridized carbons (Fsp3) is 0.375. The van der Waals surface area contributed by atoms with Gasteiger partial charge in [-0.1, -0.05) is 18.2 Å². The first-order valence-corrected chi connectivity index (χ1v) is 7.21. The van der Waals surface area contributed by atoms with E-state index in [1.165, 1.54) is 0 Å². The van der Waals surface area contributed by atoms with Crippen molar-refractivity contribution in [1.29, 1.82) is 0 Å².